The Morgan fingerprint density at radius 1 is 1.18 bits per heavy atom. The van der Waals surface area contributed by atoms with E-state index in [1.54, 1.807) is 24.3 Å². The van der Waals surface area contributed by atoms with Gasteiger partial charge in [-0.25, -0.2) is 0 Å². The van der Waals surface area contributed by atoms with Crippen molar-refractivity contribution in [2.45, 2.75) is 31.3 Å². The highest BCUT2D eigenvalue weighted by atomic mass is 32.2. The lowest BCUT2D eigenvalue weighted by atomic mass is 9.97. The molecule has 146 valence electrons. The number of fused-ring (bicyclic) bond motifs is 1. The first-order valence-corrected chi connectivity index (χ1v) is 10.8. The number of hydrogen-bond acceptors (Lipinski definition) is 5. The van der Waals surface area contributed by atoms with E-state index in [0.717, 1.165) is 24.0 Å². The molecule has 2 aliphatic rings. The highest BCUT2D eigenvalue weighted by Gasteiger charge is 2.35. The fourth-order valence-corrected chi connectivity index (χ4v) is 4.86. The second-order valence-electron chi connectivity index (χ2n) is 7.26. The molecule has 2 heterocycles. The number of aryl methyl sites for hydroxylation is 1. The van der Waals surface area contributed by atoms with Crippen LogP contribution in [0.3, 0.4) is 0 Å². The van der Waals surface area contributed by atoms with Gasteiger partial charge in [0.15, 0.2) is 5.84 Å². The lowest BCUT2D eigenvalue weighted by molar-refractivity contribution is -0.151. The Kier molecular flexibility index (Phi) is 4.93. The molecule has 4 rings (SSSR count). The molecule has 2 aliphatic heterocycles. The number of esters is 1. The molecule has 7 heteroatoms. The zero-order chi connectivity index (χ0) is 19.7. The Morgan fingerprint density at radius 3 is 2.71 bits per heavy atom. The highest BCUT2D eigenvalue weighted by Crippen LogP contribution is 2.30. The summed E-state index contributed by atoms with van der Waals surface area (Å²) in [5, 5.41) is 0. The molecule has 28 heavy (non-hydrogen) atoms. The van der Waals surface area contributed by atoms with Crippen LogP contribution >= 0.6 is 0 Å². The molecular weight excluding hydrogens is 376 g/mol. The quantitative estimate of drug-likeness (QED) is 0.743. The summed E-state index contributed by atoms with van der Waals surface area (Å²) in [6, 6.07) is 14.7. The van der Waals surface area contributed by atoms with Crippen LogP contribution in [0.2, 0.25) is 0 Å². The molecule has 0 aliphatic carbocycles. The van der Waals surface area contributed by atoms with Crippen molar-refractivity contribution in [1.82, 2.24) is 4.90 Å². The maximum absolute atomic E-state index is 12.6. The van der Waals surface area contributed by atoms with Crippen molar-refractivity contribution in [3.8, 4) is 0 Å². The minimum atomic E-state index is -3.66. The van der Waals surface area contributed by atoms with Crippen molar-refractivity contribution in [3.63, 3.8) is 0 Å². The van der Waals surface area contributed by atoms with Gasteiger partial charge in [0.25, 0.3) is 10.0 Å². The first kappa shape index (κ1) is 18.7. The van der Waals surface area contributed by atoms with Crippen LogP contribution in [0.1, 0.15) is 29.5 Å². The Labute approximate surface area is 164 Å². The number of amidine groups is 1. The summed E-state index contributed by atoms with van der Waals surface area (Å²) in [4.78, 5) is 14.7. The maximum atomic E-state index is 12.6. The number of carbonyl (C=O) groups is 1. The second-order valence-corrected chi connectivity index (χ2v) is 8.84. The van der Waals surface area contributed by atoms with Crippen molar-refractivity contribution in [2.75, 3.05) is 13.1 Å². The van der Waals surface area contributed by atoms with E-state index in [0.29, 0.717) is 24.5 Å². The Bertz CT molecular complexity index is 1030. The van der Waals surface area contributed by atoms with E-state index in [1.165, 1.54) is 0 Å². The summed E-state index contributed by atoms with van der Waals surface area (Å²) in [5.41, 5.74) is 2.72. The number of nitrogens with zero attached hydrogens (tertiary/aromatic N) is 2. The maximum Gasteiger partial charge on any atom is 0.311 e. The second kappa shape index (κ2) is 7.39. The van der Waals surface area contributed by atoms with Crippen LogP contribution in [0, 0.1) is 12.8 Å². The van der Waals surface area contributed by atoms with Gasteiger partial charge in [0.2, 0.25) is 0 Å². The van der Waals surface area contributed by atoms with Gasteiger partial charge in [-0.3, -0.25) is 4.79 Å². The lowest BCUT2D eigenvalue weighted by Gasteiger charge is -2.32. The molecular formula is C21H22N2O4S. The molecule has 2 aromatic rings. The van der Waals surface area contributed by atoms with Gasteiger partial charge < -0.3 is 9.64 Å². The average molecular weight is 398 g/mol. The van der Waals surface area contributed by atoms with E-state index < -0.39 is 10.0 Å². The van der Waals surface area contributed by atoms with Crippen LogP contribution in [0.4, 0.5) is 0 Å². The van der Waals surface area contributed by atoms with Crippen molar-refractivity contribution < 1.29 is 17.9 Å². The number of likely N-dealkylation sites (tertiary alicyclic amines) is 1. The predicted molar refractivity (Wildman–Crippen MR) is 105 cm³/mol. The normalized spacial score (nSPS) is 20.4. The van der Waals surface area contributed by atoms with Gasteiger partial charge in [-0.15, -0.1) is 4.40 Å². The van der Waals surface area contributed by atoms with Crippen LogP contribution < -0.4 is 0 Å². The van der Waals surface area contributed by atoms with E-state index >= 15 is 0 Å². The number of benzene rings is 2. The van der Waals surface area contributed by atoms with E-state index in [1.807, 2.05) is 36.1 Å². The predicted octanol–water partition coefficient (Wildman–Crippen LogP) is 2.90. The molecule has 1 fully saturated rings. The first-order chi connectivity index (χ1) is 13.4. The lowest BCUT2D eigenvalue weighted by Crippen LogP contribution is -2.42. The van der Waals surface area contributed by atoms with E-state index in [9.17, 15) is 13.2 Å². The van der Waals surface area contributed by atoms with Crippen molar-refractivity contribution in [3.05, 3.63) is 65.2 Å². The van der Waals surface area contributed by atoms with Crippen LogP contribution in [-0.4, -0.2) is 38.2 Å². The summed E-state index contributed by atoms with van der Waals surface area (Å²) in [6.07, 6.45) is 1.51. The molecule has 0 amide bonds. The van der Waals surface area contributed by atoms with Crippen molar-refractivity contribution in [2.24, 2.45) is 10.3 Å². The van der Waals surface area contributed by atoms with Crippen LogP contribution in [0.5, 0.6) is 0 Å². The summed E-state index contributed by atoms with van der Waals surface area (Å²) in [7, 11) is -3.66. The number of hydrogen-bond donors (Lipinski definition) is 0. The van der Waals surface area contributed by atoms with Crippen LogP contribution in [0.15, 0.2) is 57.8 Å². The summed E-state index contributed by atoms with van der Waals surface area (Å²) < 4.78 is 34.1. The smallest absolute Gasteiger partial charge is 0.311 e. The number of sulfonamides is 1. The zero-order valence-corrected chi connectivity index (χ0v) is 16.5. The minimum Gasteiger partial charge on any atom is -0.461 e. The number of rotatable bonds is 3. The highest BCUT2D eigenvalue weighted by molar-refractivity contribution is 7.90. The average Bonchev–Trinajstić information content (AvgIpc) is 2.99. The molecule has 0 aromatic heterocycles. The summed E-state index contributed by atoms with van der Waals surface area (Å²) in [5.74, 6) is -0.107. The third kappa shape index (κ3) is 3.67. The monoisotopic (exact) mass is 398 g/mol. The number of carbonyl (C=O) groups excluding carboxylic acids is 1. The standard InChI is InChI=1S/C21H22N2O4S/c1-15-8-10-16(11-9-15)14-27-21(24)17-5-4-12-23(13-17)20-18-6-2-3-7-19(18)28(25,26)22-20/h2-3,6-11,17H,4-5,12-14H2,1H3. The molecule has 0 saturated carbocycles. The Hall–Kier alpha value is -2.67. The molecule has 2 aromatic carbocycles. The topological polar surface area (TPSA) is 76.0 Å². The number of ether oxygens (including phenoxy) is 1. The van der Waals surface area contributed by atoms with Crippen LogP contribution in [-0.2, 0) is 26.2 Å². The molecule has 0 radical (unpaired) electrons. The van der Waals surface area contributed by atoms with Crippen molar-refractivity contribution >= 4 is 21.8 Å². The molecule has 1 saturated heterocycles. The molecule has 0 bridgehead atoms. The molecule has 1 unspecified atom stereocenters. The van der Waals surface area contributed by atoms with E-state index in [4.69, 9.17) is 4.74 Å². The summed E-state index contributed by atoms with van der Waals surface area (Å²) in [6.45, 7) is 3.34. The summed E-state index contributed by atoms with van der Waals surface area (Å²) >= 11 is 0. The van der Waals surface area contributed by atoms with Gasteiger partial charge in [-0.05, 0) is 37.5 Å². The number of piperidine rings is 1. The van der Waals surface area contributed by atoms with Gasteiger partial charge >= 0.3 is 5.97 Å². The fourth-order valence-electron chi connectivity index (χ4n) is 3.64. The largest absolute Gasteiger partial charge is 0.461 e. The van der Waals surface area contributed by atoms with E-state index in [2.05, 4.69) is 4.40 Å². The third-order valence-electron chi connectivity index (χ3n) is 5.17. The Morgan fingerprint density at radius 2 is 1.93 bits per heavy atom. The fraction of sp³-hybridized carbons (Fsp3) is 0.333. The third-order valence-corrected chi connectivity index (χ3v) is 6.49. The van der Waals surface area contributed by atoms with Gasteiger partial charge in [0.1, 0.15) is 11.5 Å². The van der Waals surface area contributed by atoms with E-state index in [-0.39, 0.29) is 23.4 Å². The van der Waals surface area contributed by atoms with Gasteiger partial charge in [-0.1, -0.05) is 42.0 Å². The minimum absolute atomic E-state index is 0.231. The first-order valence-electron chi connectivity index (χ1n) is 9.35. The SMILES string of the molecule is Cc1ccc(COC(=O)C2CCCN(C3=NS(=O)(=O)c4ccccc43)C2)cc1. The van der Waals surface area contributed by atoms with Gasteiger partial charge in [-0.2, -0.15) is 8.42 Å². The Balaban J connectivity index is 1.45. The molecule has 0 N–H and O–H groups in total. The van der Waals surface area contributed by atoms with Crippen LogP contribution in [0.25, 0.3) is 0 Å². The molecule has 1 atom stereocenters. The molecule has 0 spiro atoms. The van der Waals surface area contributed by atoms with Gasteiger partial charge in [0.05, 0.1) is 5.92 Å². The van der Waals surface area contributed by atoms with Gasteiger partial charge in [0, 0.05) is 18.7 Å². The zero-order valence-electron chi connectivity index (χ0n) is 15.7. The van der Waals surface area contributed by atoms with Crippen molar-refractivity contribution in [1.29, 1.82) is 0 Å². The molecule has 6 nitrogen and oxygen atoms in total.